The van der Waals surface area contributed by atoms with Gasteiger partial charge in [-0.3, -0.25) is 9.10 Å². The van der Waals surface area contributed by atoms with Gasteiger partial charge in [0.25, 0.3) is 15.9 Å². The SMILES string of the molecule is CCOc1ccc(S(=O)(=O)N(C)c2ccc(OCC(=O)N(C)C3CCN(C)CC3)cc2)cc1. The van der Waals surface area contributed by atoms with Gasteiger partial charge >= 0.3 is 0 Å². The van der Waals surface area contributed by atoms with Crippen molar-refractivity contribution < 1.29 is 22.7 Å². The van der Waals surface area contributed by atoms with Crippen molar-refractivity contribution in [3.63, 3.8) is 0 Å². The molecule has 33 heavy (non-hydrogen) atoms. The third kappa shape index (κ3) is 6.17. The average molecular weight is 476 g/mol. The van der Waals surface area contributed by atoms with Gasteiger partial charge in [0.05, 0.1) is 17.2 Å². The van der Waals surface area contributed by atoms with E-state index < -0.39 is 10.0 Å². The van der Waals surface area contributed by atoms with E-state index in [1.165, 1.54) is 23.5 Å². The summed E-state index contributed by atoms with van der Waals surface area (Å²) in [6.07, 6.45) is 1.92. The van der Waals surface area contributed by atoms with Crippen LogP contribution in [0.4, 0.5) is 5.69 Å². The zero-order valence-corrected chi connectivity index (χ0v) is 20.5. The molecule has 0 unspecified atom stereocenters. The number of anilines is 1. The van der Waals surface area contributed by atoms with Crippen LogP contribution in [-0.4, -0.2) is 77.6 Å². The highest BCUT2D eigenvalue weighted by Gasteiger charge is 2.24. The van der Waals surface area contributed by atoms with E-state index in [9.17, 15) is 13.2 Å². The first kappa shape index (κ1) is 24.9. The lowest BCUT2D eigenvalue weighted by atomic mass is 10.0. The van der Waals surface area contributed by atoms with Crippen LogP contribution in [0.3, 0.4) is 0 Å². The van der Waals surface area contributed by atoms with Crippen LogP contribution in [0.2, 0.25) is 0 Å². The van der Waals surface area contributed by atoms with Crippen LogP contribution in [0.25, 0.3) is 0 Å². The van der Waals surface area contributed by atoms with Gasteiger partial charge in [-0.2, -0.15) is 0 Å². The Balaban J connectivity index is 1.58. The summed E-state index contributed by atoms with van der Waals surface area (Å²) < 4.78 is 38.1. The molecule has 1 heterocycles. The minimum atomic E-state index is -3.72. The summed E-state index contributed by atoms with van der Waals surface area (Å²) >= 11 is 0. The van der Waals surface area contributed by atoms with Crippen LogP contribution in [0.1, 0.15) is 19.8 Å². The molecule has 1 amide bonds. The number of sulfonamides is 1. The van der Waals surface area contributed by atoms with Crippen molar-refractivity contribution in [1.82, 2.24) is 9.80 Å². The lowest BCUT2D eigenvalue weighted by molar-refractivity contribution is -0.135. The molecular formula is C24H33N3O5S. The highest BCUT2D eigenvalue weighted by Crippen LogP contribution is 2.25. The van der Waals surface area contributed by atoms with E-state index in [0.29, 0.717) is 23.8 Å². The molecule has 0 spiro atoms. The van der Waals surface area contributed by atoms with Gasteiger partial charge in [-0.05, 0) is 88.4 Å². The van der Waals surface area contributed by atoms with Gasteiger partial charge in [0.1, 0.15) is 11.5 Å². The van der Waals surface area contributed by atoms with Crippen molar-refractivity contribution in [1.29, 1.82) is 0 Å². The summed E-state index contributed by atoms with van der Waals surface area (Å²) in [5.41, 5.74) is 0.492. The van der Waals surface area contributed by atoms with Crippen LogP contribution >= 0.6 is 0 Å². The van der Waals surface area contributed by atoms with Gasteiger partial charge in [-0.25, -0.2) is 8.42 Å². The fraction of sp³-hybridized carbons (Fsp3) is 0.458. The number of amides is 1. The van der Waals surface area contributed by atoms with Gasteiger partial charge in [-0.15, -0.1) is 0 Å². The molecule has 0 bridgehead atoms. The number of carbonyl (C=O) groups excluding carboxylic acids is 1. The largest absolute Gasteiger partial charge is 0.494 e. The predicted molar refractivity (Wildman–Crippen MR) is 128 cm³/mol. The highest BCUT2D eigenvalue weighted by atomic mass is 32.2. The summed E-state index contributed by atoms with van der Waals surface area (Å²) in [5, 5.41) is 0. The number of ether oxygens (including phenoxy) is 2. The first-order valence-corrected chi connectivity index (χ1v) is 12.5. The van der Waals surface area contributed by atoms with Crippen molar-refractivity contribution in [3.05, 3.63) is 48.5 Å². The van der Waals surface area contributed by atoms with E-state index in [0.717, 1.165) is 25.9 Å². The van der Waals surface area contributed by atoms with Gasteiger partial charge in [0, 0.05) is 20.1 Å². The number of hydrogen-bond donors (Lipinski definition) is 0. The van der Waals surface area contributed by atoms with Gasteiger partial charge in [0.2, 0.25) is 0 Å². The van der Waals surface area contributed by atoms with Crippen LogP contribution in [0, 0.1) is 0 Å². The lowest BCUT2D eigenvalue weighted by Crippen LogP contribution is -2.45. The summed E-state index contributed by atoms with van der Waals surface area (Å²) in [7, 11) is 1.70. The smallest absolute Gasteiger partial charge is 0.264 e. The summed E-state index contributed by atoms with van der Waals surface area (Å²) in [4.78, 5) is 16.7. The van der Waals surface area contributed by atoms with Gasteiger partial charge in [0.15, 0.2) is 6.61 Å². The van der Waals surface area contributed by atoms with E-state index in [2.05, 4.69) is 11.9 Å². The minimum absolute atomic E-state index is 0.0531. The molecule has 1 saturated heterocycles. The first-order valence-electron chi connectivity index (χ1n) is 11.1. The third-order valence-electron chi connectivity index (χ3n) is 5.98. The molecule has 9 heteroatoms. The van der Waals surface area contributed by atoms with E-state index in [1.807, 2.05) is 14.0 Å². The highest BCUT2D eigenvalue weighted by molar-refractivity contribution is 7.92. The first-order chi connectivity index (χ1) is 15.7. The third-order valence-corrected chi connectivity index (χ3v) is 7.78. The molecule has 180 valence electrons. The van der Waals surface area contributed by atoms with E-state index in [-0.39, 0.29) is 23.5 Å². The quantitative estimate of drug-likeness (QED) is 0.555. The Morgan fingerprint density at radius 3 is 2.09 bits per heavy atom. The van der Waals surface area contributed by atoms with Gasteiger partial charge in [-0.1, -0.05) is 0 Å². The Hall–Kier alpha value is -2.78. The molecule has 0 N–H and O–H groups in total. The Bertz CT molecular complexity index is 1020. The second-order valence-electron chi connectivity index (χ2n) is 8.20. The number of hydrogen-bond acceptors (Lipinski definition) is 6. The molecule has 2 aromatic rings. The Kier molecular flexibility index (Phi) is 8.20. The Labute approximate surface area is 196 Å². The maximum Gasteiger partial charge on any atom is 0.264 e. The summed E-state index contributed by atoms with van der Waals surface area (Å²) in [6.45, 7) is 4.30. The lowest BCUT2D eigenvalue weighted by Gasteiger charge is -2.35. The van der Waals surface area contributed by atoms with Crippen LogP contribution in [0.5, 0.6) is 11.5 Å². The number of carbonyl (C=O) groups is 1. The predicted octanol–water partition coefficient (Wildman–Crippen LogP) is 2.84. The van der Waals surface area contributed by atoms with Crippen molar-refractivity contribution >= 4 is 21.6 Å². The van der Waals surface area contributed by atoms with Gasteiger partial charge < -0.3 is 19.3 Å². The van der Waals surface area contributed by atoms with Crippen molar-refractivity contribution in [2.24, 2.45) is 0 Å². The maximum atomic E-state index is 12.9. The standard InChI is InChI=1S/C24H33N3O5S/c1-5-31-21-10-12-23(13-11-21)33(29,30)27(4)20-6-8-22(9-7-20)32-18-24(28)26(3)19-14-16-25(2)17-15-19/h6-13,19H,5,14-18H2,1-4H3. The maximum absolute atomic E-state index is 12.9. The molecule has 0 aliphatic carbocycles. The Morgan fingerprint density at radius 1 is 0.970 bits per heavy atom. The van der Waals surface area contributed by atoms with E-state index in [1.54, 1.807) is 41.3 Å². The molecule has 8 nitrogen and oxygen atoms in total. The summed E-state index contributed by atoms with van der Waals surface area (Å²) in [6, 6.07) is 13.2. The molecule has 1 aliphatic rings. The van der Waals surface area contributed by atoms with Crippen molar-refractivity contribution in [3.8, 4) is 11.5 Å². The molecular weight excluding hydrogens is 442 g/mol. The van der Waals surface area contributed by atoms with E-state index >= 15 is 0 Å². The molecule has 0 saturated carbocycles. The number of benzene rings is 2. The monoisotopic (exact) mass is 475 g/mol. The topological polar surface area (TPSA) is 79.4 Å². The van der Waals surface area contributed by atoms with Crippen molar-refractivity contribution in [2.45, 2.75) is 30.7 Å². The number of likely N-dealkylation sites (N-methyl/N-ethyl adjacent to an activating group) is 1. The average Bonchev–Trinajstić information content (AvgIpc) is 2.83. The molecule has 1 aliphatic heterocycles. The van der Waals surface area contributed by atoms with Crippen LogP contribution in [-0.2, 0) is 14.8 Å². The van der Waals surface area contributed by atoms with E-state index in [4.69, 9.17) is 9.47 Å². The van der Waals surface area contributed by atoms with Crippen LogP contribution in [0.15, 0.2) is 53.4 Å². The second-order valence-corrected chi connectivity index (χ2v) is 10.2. The fourth-order valence-electron chi connectivity index (χ4n) is 3.76. The molecule has 0 aromatic heterocycles. The zero-order valence-electron chi connectivity index (χ0n) is 19.7. The molecule has 1 fully saturated rings. The molecule has 3 rings (SSSR count). The normalized spacial score (nSPS) is 15.2. The molecule has 2 aromatic carbocycles. The number of piperidine rings is 1. The number of likely N-dealkylation sites (tertiary alicyclic amines) is 1. The zero-order chi connectivity index (χ0) is 24.0. The minimum Gasteiger partial charge on any atom is -0.494 e. The summed E-state index contributed by atoms with van der Waals surface area (Å²) in [5.74, 6) is 1.07. The Morgan fingerprint density at radius 2 is 1.52 bits per heavy atom. The molecule has 0 atom stereocenters. The molecule has 0 radical (unpaired) electrons. The second kappa shape index (κ2) is 10.9. The van der Waals surface area contributed by atoms with Crippen LogP contribution < -0.4 is 13.8 Å². The fourth-order valence-corrected chi connectivity index (χ4v) is 4.95. The number of nitrogens with zero attached hydrogens (tertiary/aromatic N) is 3. The number of rotatable bonds is 9. The van der Waals surface area contributed by atoms with Crippen molar-refractivity contribution in [2.75, 3.05) is 51.8 Å².